The van der Waals surface area contributed by atoms with Gasteiger partial charge >= 0.3 is 0 Å². The summed E-state index contributed by atoms with van der Waals surface area (Å²) in [5, 5.41) is 3.12. The highest BCUT2D eigenvalue weighted by Gasteiger charge is 2.39. The molecular formula is C16H24BrClN2O2. The molecule has 22 heavy (non-hydrogen) atoms. The van der Waals surface area contributed by atoms with E-state index in [4.69, 9.17) is 10.5 Å². The summed E-state index contributed by atoms with van der Waals surface area (Å²) in [6.45, 7) is 3.64. The van der Waals surface area contributed by atoms with Gasteiger partial charge in [-0.2, -0.15) is 0 Å². The lowest BCUT2D eigenvalue weighted by Gasteiger charge is -2.35. The average molecular weight is 392 g/mol. The molecule has 2 rings (SSSR count). The standard InChI is InChI=1S/C16H23BrN2O2.ClH/c1-12(10-13-4-2-3-5-14(13)17)19-15(20)16(11-18)6-8-21-9-7-16;/h2-5,12H,6-11,18H2,1H3,(H,19,20);1H. The van der Waals surface area contributed by atoms with Crippen LogP contribution in [0, 0.1) is 5.41 Å². The number of hydrogen-bond acceptors (Lipinski definition) is 3. The van der Waals surface area contributed by atoms with Crippen molar-refractivity contribution in [1.29, 1.82) is 0 Å². The summed E-state index contributed by atoms with van der Waals surface area (Å²) in [5.41, 5.74) is 6.60. The largest absolute Gasteiger partial charge is 0.381 e. The molecule has 0 aliphatic carbocycles. The molecule has 0 aromatic heterocycles. The van der Waals surface area contributed by atoms with Crippen molar-refractivity contribution in [2.24, 2.45) is 11.1 Å². The molecule has 1 fully saturated rings. The number of nitrogens with one attached hydrogen (secondary N) is 1. The van der Waals surface area contributed by atoms with Crippen molar-refractivity contribution in [2.75, 3.05) is 19.8 Å². The summed E-state index contributed by atoms with van der Waals surface area (Å²) in [7, 11) is 0. The van der Waals surface area contributed by atoms with E-state index in [9.17, 15) is 4.79 Å². The SMILES string of the molecule is CC(Cc1ccccc1Br)NC(=O)C1(CN)CCOCC1.Cl. The summed E-state index contributed by atoms with van der Waals surface area (Å²) < 4.78 is 6.43. The van der Waals surface area contributed by atoms with Crippen molar-refractivity contribution >= 4 is 34.2 Å². The first-order valence-electron chi connectivity index (χ1n) is 7.39. The van der Waals surface area contributed by atoms with Crippen molar-refractivity contribution in [3.05, 3.63) is 34.3 Å². The van der Waals surface area contributed by atoms with E-state index in [0.29, 0.717) is 32.6 Å². The van der Waals surface area contributed by atoms with Crippen LogP contribution in [-0.2, 0) is 16.0 Å². The Hall–Kier alpha value is -0.620. The molecule has 3 N–H and O–H groups in total. The maximum absolute atomic E-state index is 12.6. The first-order chi connectivity index (χ1) is 10.1. The Balaban J connectivity index is 0.00000242. The van der Waals surface area contributed by atoms with Crippen LogP contribution < -0.4 is 11.1 Å². The highest BCUT2D eigenvalue weighted by atomic mass is 79.9. The third-order valence-corrected chi connectivity index (χ3v) is 4.96. The Kier molecular flexibility index (Phi) is 7.83. The first-order valence-corrected chi connectivity index (χ1v) is 8.19. The summed E-state index contributed by atoms with van der Waals surface area (Å²) in [5.74, 6) is 0.0628. The van der Waals surface area contributed by atoms with Crippen LogP contribution in [0.4, 0.5) is 0 Å². The zero-order valence-electron chi connectivity index (χ0n) is 12.8. The minimum absolute atomic E-state index is 0. The fourth-order valence-corrected chi connectivity index (χ4v) is 3.15. The Morgan fingerprint density at radius 3 is 2.64 bits per heavy atom. The Bertz CT molecular complexity index is 493. The molecule has 1 aromatic rings. The Labute approximate surface area is 146 Å². The maximum atomic E-state index is 12.6. The zero-order valence-corrected chi connectivity index (χ0v) is 15.2. The molecule has 4 nitrogen and oxygen atoms in total. The third-order valence-electron chi connectivity index (χ3n) is 4.18. The molecule has 1 aliphatic heterocycles. The van der Waals surface area contributed by atoms with Gasteiger partial charge in [-0.15, -0.1) is 12.4 Å². The predicted molar refractivity (Wildman–Crippen MR) is 94.2 cm³/mol. The normalized spacial score (nSPS) is 18.1. The lowest BCUT2D eigenvalue weighted by atomic mass is 9.79. The maximum Gasteiger partial charge on any atom is 0.227 e. The molecule has 1 atom stereocenters. The van der Waals surface area contributed by atoms with Crippen molar-refractivity contribution in [1.82, 2.24) is 5.32 Å². The number of carbonyl (C=O) groups is 1. The number of benzene rings is 1. The van der Waals surface area contributed by atoms with Crippen molar-refractivity contribution in [2.45, 2.75) is 32.2 Å². The van der Waals surface area contributed by atoms with Crippen LogP contribution in [0.3, 0.4) is 0 Å². The second kappa shape index (κ2) is 8.87. The highest BCUT2D eigenvalue weighted by molar-refractivity contribution is 9.10. The van der Waals surface area contributed by atoms with Crippen molar-refractivity contribution in [3.63, 3.8) is 0 Å². The topological polar surface area (TPSA) is 64.4 Å². The van der Waals surface area contributed by atoms with E-state index < -0.39 is 5.41 Å². The van der Waals surface area contributed by atoms with Crippen LogP contribution in [0.1, 0.15) is 25.3 Å². The number of nitrogens with two attached hydrogens (primary N) is 1. The molecule has 1 heterocycles. The van der Waals surface area contributed by atoms with E-state index in [2.05, 4.69) is 27.3 Å². The minimum atomic E-state index is -0.458. The molecule has 0 saturated carbocycles. The van der Waals surface area contributed by atoms with E-state index in [1.807, 2.05) is 25.1 Å². The molecule has 6 heteroatoms. The molecule has 0 spiro atoms. The van der Waals surface area contributed by atoms with E-state index in [1.165, 1.54) is 5.56 Å². The van der Waals surface area contributed by atoms with Crippen molar-refractivity contribution < 1.29 is 9.53 Å². The smallest absolute Gasteiger partial charge is 0.227 e. The van der Waals surface area contributed by atoms with Gasteiger partial charge in [-0.1, -0.05) is 34.1 Å². The highest BCUT2D eigenvalue weighted by Crippen LogP contribution is 2.29. The summed E-state index contributed by atoms with van der Waals surface area (Å²) in [6.07, 6.45) is 2.21. The van der Waals surface area contributed by atoms with E-state index >= 15 is 0 Å². The zero-order chi connectivity index (χ0) is 15.3. The monoisotopic (exact) mass is 390 g/mol. The molecule has 1 unspecified atom stereocenters. The average Bonchev–Trinajstić information content (AvgIpc) is 2.50. The molecule has 1 aromatic carbocycles. The number of hydrogen-bond donors (Lipinski definition) is 2. The van der Waals surface area contributed by atoms with Gasteiger partial charge in [0.1, 0.15) is 0 Å². The van der Waals surface area contributed by atoms with Crippen LogP contribution in [0.2, 0.25) is 0 Å². The number of ether oxygens (including phenoxy) is 1. The fraction of sp³-hybridized carbons (Fsp3) is 0.562. The Morgan fingerprint density at radius 2 is 2.05 bits per heavy atom. The molecule has 124 valence electrons. The quantitative estimate of drug-likeness (QED) is 0.811. The van der Waals surface area contributed by atoms with Crippen LogP contribution in [-0.4, -0.2) is 31.7 Å². The molecule has 1 amide bonds. The van der Waals surface area contributed by atoms with Gasteiger partial charge in [0.05, 0.1) is 5.41 Å². The van der Waals surface area contributed by atoms with Gasteiger partial charge in [0.15, 0.2) is 0 Å². The number of halogens is 2. The number of carbonyl (C=O) groups excluding carboxylic acids is 1. The van der Waals surface area contributed by atoms with Gasteiger partial charge in [0, 0.05) is 30.3 Å². The third kappa shape index (κ3) is 4.69. The van der Waals surface area contributed by atoms with Crippen LogP contribution in [0.15, 0.2) is 28.7 Å². The van der Waals surface area contributed by atoms with Crippen LogP contribution >= 0.6 is 28.3 Å². The molecule has 1 aliphatic rings. The summed E-state index contributed by atoms with van der Waals surface area (Å²) in [6, 6.07) is 8.16. The number of amides is 1. The minimum Gasteiger partial charge on any atom is -0.381 e. The van der Waals surface area contributed by atoms with E-state index in [0.717, 1.165) is 10.9 Å². The predicted octanol–water partition coefficient (Wildman–Crippen LogP) is 2.67. The van der Waals surface area contributed by atoms with Gasteiger partial charge in [-0.3, -0.25) is 4.79 Å². The lowest BCUT2D eigenvalue weighted by molar-refractivity contribution is -0.136. The van der Waals surface area contributed by atoms with E-state index in [1.54, 1.807) is 0 Å². The van der Waals surface area contributed by atoms with E-state index in [-0.39, 0.29) is 24.4 Å². The Morgan fingerprint density at radius 1 is 1.41 bits per heavy atom. The molecule has 0 radical (unpaired) electrons. The summed E-state index contributed by atoms with van der Waals surface area (Å²) >= 11 is 3.54. The van der Waals surface area contributed by atoms with Gasteiger partial charge in [-0.25, -0.2) is 0 Å². The molecule has 0 bridgehead atoms. The van der Waals surface area contributed by atoms with Gasteiger partial charge < -0.3 is 15.8 Å². The second-order valence-corrected chi connectivity index (χ2v) is 6.62. The van der Waals surface area contributed by atoms with Crippen LogP contribution in [0.25, 0.3) is 0 Å². The van der Waals surface area contributed by atoms with Gasteiger partial charge in [0.2, 0.25) is 5.91 Å². The van der Waals surface area contributed by atoms with Gasteiger partial charge in [-0.05, 0) is 37.8 Å². The fourth-order valence-electron chi connectivity index (χ4n) is 2.71. The van der Waals surface area contributed by atoms with Gasteiger partial charge in [0.25, 0.3) is 0 Å². The molecule has 1 saturated heterocycles. The van der Waals surface area contributed by atoms with Crippen molar-refractivity contribution in [3.8, 4) is 0 Å². The summed E-state index contributed by atoms with van der Waals surface area (Å²) in [4.78, 5) is 12.6. The second-order valence-electron chi connectivity index (χ2n) is 5.77. The van der Waals surface area contributed by atoms with Crippen LogP contribution in [0.5, 0.6) is 0 Å². The first kappa shape index (κ1) is 19.4. The number of rotatable bonds is 5. The lowest BCUT2D eigenvalue weighted by Crippen LogP contribution is -2.51. The molecular weight excluding hydrogens is 368 g/mol.